The van der Waals surface area contributed by atoms with Crippen LogP contribution in [0, 0.1) is 0 Å². The number of nitrogens with zero attached hydrogens (tertiary/aromatic N) is 4. The zero-order valence-electron chi connectivity index (χ0n) is 12.6. The minimum absolute atomic E-state index is 0.0113. The second-order valence-electron chi connectivity index (χ2n) is 5.58. The zero-order chi connectivity index (χ0) is 15.6. The Morgan fingerprint density at radius 2 is 2.05 bits per heavy atom. The van der Waals surface area contributed by atoms with Crippen molar-refractivity contribution in [1.29, 1.82) is 0 Å². The lowest BCUT2D eigenvalue weighted by Crippen LogP contribution is -2.17. The molecular weight excluding hydrogens is 280 g/mol. The fourth-order valence-electron chi connectivity index (χ4n) is 2.26. The third-order valence-corrected chi connectivity index (χ3v) is 3.82. The van der Waals surface area contributed by atoms with Crippen LogP contribution in [-0.4, -0.2) is 27.8 Å². The number of hydrogen-bond donors (Lipinski definition) is 0. The maximum atomic E-state index is 12.2. The van der Waals surface area contributed by atoms with E-state index in [-0.39, 0.29) is 17.7 Å². The van der Waals surface area contributed by atoms with Gasteiger partial charge in [0.25, 0.3) is 0 Å². The highest BCUT2D eigenvalue weighted by atomic mass is 16.5. The van der Waals surface area contributed by atoms with Crippen LogP contribution in [0.1, 0.15) is 42.4 Å². The number of esters is 1. The maximum Gasteiger partial charge on any atom is 0.356 e. The molecule has 0 amide bonds. The first-order valence-corrected chi connectivity index (χ1v) is 7.27. The molecule has 2 aromatic rings. The Bertz CT molecular complexity index is 687. The molecule has 1 atom stereocenters. The van der Waals surface area contributed by atoms with Gasteiger partial charge in [-0.05, 0) is 19.4 Å². The normalized spacial score (nSPS) is 16.3. The standard InChI is InChI=1S/C16H18N4O2/c1-12(13-6-4-3-5-7-13)20-11-17-10-14(20)15(21)22-9-8-16(2)18-19-16/h3-7,10-12H,8-9H2,1-2H3/t12-/m1/s1. The van der Waals surface area contributed by atoms with Gasteiger partial charge in [-0.15, -0.1) is 0 Å². The van der Waals surface area contributed by atoms with Crippen molar-refractivity contribution < 1.29 is 9.53 Å². The van der Waals surface area contributed by atoms with Crippen molar-refractivity contribution in [2.24, 2.45) is 10.2 Å². The first-order chi connectivity index (χ1) is 10.6. The quantitative estimate of drug-likeness (QED) is 0.769. The first-order valence-electron chi connectivity index (χ1n) is 7.27. The van der Waals surface area contributed by atoms with Crippen LogP contribution in [0.2, 0.25) is 0 Å². The molecule has 1 aromatic heterocycles. The van der Waals surface area contributed by atoms with E-state index in [1.165, 1.54) is 6.20 Å². The van der Waals surface area contributed by atoms with Crippen molar-refractivity contribution in [2.75, 3.05) is 6.61 Å². The topological polar surface area (TPSA) is 68.8 Å². The average molecular weight is 298 g/mol. The van der Waals surface area contributed by atoms with E-state index < -0.39 is 0 Å². The predicted octanol–water partition coefficient (Wildman–Crippen LogP) is 3.22. The summed E-state index contributed by atoms with van der Waals surface area (Å²) in [6, 6.07) is 9.98. The van der Waals surface area contributed by atoms with E-state index in [9.17, 15) is 4.79 Å². The molecule has 0 saturated carbocycles. The molecule has 0 aliphatic carbocycles. The Morgan fingerprint density at radius 3 is 2.73 bits per heavy atom. The van der Waals surface area contributed by atoms with E-state index in [0.29, 0.717) is 18.7 Å². The Hall–Kier alpha value is -2.50. The summed E-state index contributed by atoms with van der Waals surface area (Å²) in [6.07, 6.45) is 3.80. The highest BCUT2D eigenvalue weighted by molar-refractivity contribution is 5.87. The molecule has 0 N–H and O–H groups in total. The van der Waals surface area contributed by atoms with Crippen LogP contribution in [0.4, 0.5) is 0 Å². The molecule has 0 bridgehead atoms. The molecule has 0 saturated heterocycles. The van der Waals surface area contributed by atoms with Crippen molar-refractivity contribution in [1.82, 2.24) is 9.55 Å². The van der Waals surface area contributed by atoms with Crippen LogP contribution >= 0.6 is 0 Å². The van der Waals surface area contributed by atoms with Gasteiger partial charge in [0, 0.05) is 6.42 Å². The van der Waals surface area contributed by atoms with Gasteiger partial charge in [0.1, 0.15) is 5.69 Å². The largest absolute Gasteiger partial charge is 0.461 e. The third kappa shape index (κ3) is 3.05. The molecular formula is C16H18N4O2. The van der Waals surface area contributed by atoms with Crippen molar-refractivity contribution in [3.05, 3.63) is 54.1 Å². The van der Waals surface area contributed by atoms with E-state index in [1.807, 2.05) is 48.7 Å². The highest BCUT2D eigenvalue weighted by Crippen LogP contribution is 2.30. The van der Waals surface area contributed by atoms with Gasteiger partial charge in [0.15, 0.2) is 5.66 Å². The van der Waals surface area contributed by atoms with E-state index >= 15 is 0 Å². The molecule has 3 rings (SSSR count). The van der Waals surface area contributed by atoms with E-state index in [1.54, 1.807) is 6.33 Å². The van der Waals surface area contributed by atoms with Crippen LogP contribution in [0.3, 0.4) is 0 Å². The number of ether oxygens (including phenoxy) is 1. The lowest BCUT2D eigenvalue weighted by molar-refractivity contribution is 0.0476. The summed E-state index contributed by atoms with van der Waals surface area (Å²) >= 11 is 0. The van der Waals surface area contributed by atoms with E-state index in [0.717, 1.165) is 5.56 Å². The molecule has 114 valence electrons. The molecule has 1 aliphatic rings. The van der Waals surface area contributed by atoms with Gasteiger partial charge in [-0.3, -0.25) is 0 Å². The van der Waals surface area contributed by atoms with Crippen molar-refractivity contribution in [2.45, 2.75) is 32.0 Å². The fourth-order valence-corrected chi connectivity index (χ4v) is 2.26. The first kappa shape index (κ1) is 14.4. The summed E-state index contributed by atoms with van der Waals surface area (Å²) in [7, 11) is 0. The maximum absolute atomic E-state index is 12.2. The number of aromatic nitrogens is 2. The number of rotatable bonds is 6. The zero-order valence-corrected chi connectivity index (χ0v) is 12.6. The Morgan fingerprint density at radius 1 is 1.32 bits per heavy atom. The number of carbonyl (C=O) groups excluding carboxylic acids is 1. The van der Waals surface area contributed by atoms with Gasteiger partial charge in [0.05, 0.1) is 25.2 Å². The van der Waals surface area contributed by atoms with Gasteiger partial charge in [-0.1, -0.05) is 30.3 Å². The molecule has 1 aliphatic heterocycles. The van der Waals surface area contributed by atoms with E-state index in [2.05, 4.69) is 15.2 Å². The minimum atomic E-state index is -0.371. The minimum Gasteiger partial charge on any atom is -0.461 e. The summed E-state index contributed by atoms with van der Waals surface area (Å²) in [5.41, 5.74) is 1.21. The second-order valence-corrected chi connectivity index (χ2v) is 5.58. The second kappa shape index (κ2) is 5.71. The van der Waals surface area contributed by atoms with Crippen LogP contribution in [-0.2, 0) is 4.74 Å². The Balaban J connectivity index is 1.67. The summed E-state index contributed by atoms with van der Waals surface area (Å²) in [4.78, 5) is 16.3. The number of imidazole rings is 1. The summed E-state index contributed by atoms with van der Waals surface area (Å²) in [5.74, 6) is -0.371. The van der Waals surface area contributed by atoms with Crippen molar-refractivity contribution in [3.8, 4) is 0 Å². The molecule has 1 aromatic carbocycles. The van der Waals surface area contributed by atoms with E-state index in [4.69, 9.17) is 4.74 Å². The molecule has 22 heavy (non-hydrogen) atoms. The van der Waals surface area contributed by atoms with Gasteiger partial charge in [-0.2, -0.15) is 10.2 Å². The molecule has 6 nitrogen and oxygen atoms in total. The van der Waals surface area contributed by atoms with Crippen LogP contribution < -0.4 is 0 Å². The van der Waals surface area contributed by atoms with Crippen LogP contribution in [0.5, 0.6) is 0 Å². The monoisotopic (exact) mass is 298 g/mol. The molecule has 2 heterocycles. The highest BCUT2D eigenvalue weighted by Gasteiger charge is 2.33. The Kier molecular flexibility index (Phi) is 3.75. The SMILES string of the molecule is C[C@H](c1ccccc1)n1cncc1C(=O)OCCC1(C)N=N1. The Labute approximate surface area is 128 Å². The molecule has 0 unspecified atom stereocenters. The van der Waals surface area contributed by atoms with Crippen molar-refractivity contribution in [3.63, 3.8) is 0 Å². The molecule has 0 fully saturated rings. The summed E-state index contributed by atoms with van der Waals surface area (Å²) in [6.45, 7) is 4.23. The smallest absolute Gasteiger partial charge is 0.356 e. The lowest BCUT2D eigenvalue weighted by atomic mass is 10.1. The van der Waals surface area contributed by atoms with Crippen LogP contribution in [0.15, 0.2) is 53.1 Å². The van der Waals surface area contributed by atoms with Gasteiger partial charge in [0.2, 0.25) is 0 Å². The average Bonchev–Trinajstić information content (AvgIpc) is 3.07. The number of hydrogen-bond acceptors (Lipinski definition) is 5. The predicted molar refractivity (Wildman–Crippen MR) is 80.6 cm³/mol. The number of carbonyl (C=O) groups is 1. The molecule has 0 radical (unpaired) electrons. The number of benzene rings is 1. The van der Waals surface area contributed by atoms with Crippen molar-refractivity contribution >= 4 is 5.97 Å². The van der Waals surface area contributed by atoms with Gasteiger partial charge >= 0.3 is 5.97 Å². The van der Waals surface area contributed by atoms with Gasteiger partial charge < -0.3 is 9.30 Å². The lowest BCUT2D eigenvalue weighted by Gasteiger charge is -2.16. The molecule has 6 heteroatoms. The summed E-state index contributed by atoms with van der Waals surface area (Å²) in [5, 5.41) is 7.79. The fraction of sp³-hybridized carbons (Fsp3) is 0.375. The summed E-state index contributed by atoms with van der Waals surface area (Å²) < 4.78 is 7.13. The van der Waals surface area contributed by atoms with Crippen LogP contribution in [0.25, 0.3) is 0 Å². The third-order valence-electron chi connectivity index (χ3n) is 3.82. The van der Waals surface area contributed by atoms with Gasteiger partial charge in [-0.25, -0.2) is 9.78 Å². The molecule has 0 spiro atoms.